The highest BCUT2D eigenvalue weighted by Crippen LogP contribution is 2.17. The van der Waals surface area contributed by atoms with Gasteiger partial charge >= 0.3 is 0 Å². The minimum Gasteiger partial charge on any atom is -0.343 e. The first-order chi connectivity index (χ1) is 8.13. The smallest absolute Gasteiger partial charge is 0.222 e. The van der Waals surface area contributed by atoms with Crippen molar-refractivity contribution in [2.24, 2.45) is 17.6 Å². The third-order valence-corrected chi connectivity index (χ3v) is 3.56. The third-order valence-electron chi connectivity index (χ3n) is 3.56. The van der Waals surface area contributed by atoms with E-state index in [1.54, 1.807) is 0 Å². The number of nitrogens with two attached hydrogens (primary N) is 1. The van der Waals surface area contributed by atoms with E-state index < -0.39 is 0 Å². The summed E-state index contributed by atoms with van der Waals surface area (Å²) in [5, 5.41) is 0. The second kappa shape index (κ2) is 7.70. The predicted molar refractivity (Wildman–Crippen MR) is 71.7 cm³/mol. The van der Waals surface area contributed by atoms with Gasteiger partial charge in [-0.2, -0.15) is 0 Å². The highest BCUT2D eigenvalue weighted by molar-refractivity contribution is 5.76. The Hall–Kier alpha value is -0.570. The van der Waals surface area contributed by atoms with Crippen LogP contribution < -0.4 is 5.73 Å². The van der Waals surface area contributed by atoms with Gasteiger partial charge in [-0.15, -0.1) is 0 Å². The molecule has 2 N–H and O–H groups in total. The van der Waals surface area contributed by atoms with E-state index in [-0.39, 0.29) is 0 Å². The van der Waals surface area contributed by atoms with Crippen LogP contribution in [0.4, 0.5) is 0 Å². The Labute approximate surface area is 106 Å². The van der Waals surface area contributed by atoms with E-state index in [9.17, 15) is 4.79 Å². The first kappa shape index (κ1) is 14.5. The summed E-state index contributed by atoms with van der Waals surface area (Å²) >= 11 is 0. The zero-order valence-electron chi connectivity index (χ0n) is 11.5. The van der Waals surface area contributed by atoms with Crippen LogP contribution in [-0.2, 0) is 4.79 Å². The molecular weight excluding hydrogens is 212 g/mol. The molecule has 0 aromatic carbocycles. The molecule has 0 spiro atoms. The van der Waals surface area contributed by atoms with Crippen LogP contribution in [0.1, 0.15) is 52.4 Å². The number of hydrogen-bond donors (Lipinski definition) is 1. The minimum atomic E-state index is 0.322. The van der Waals surface area contributed by atoms with E-state index in [1.807, 2.05) is 0 Å². The van der Waals surface area contributed by atoms with Crippen molar-refractivity contribution in [3.8, 4) is 0 Å². The fourth-order valence-electron chi connectivity index (χ4n) is 2.63. The van der Waals surface area contributed by atoms with E-state index in [2.05, 4.69) is 18.7 Å². The van der Waals surface area contributed by atoms with Gasteiger partial charge in [0.05, 0.1) is 0 Å². The molecule has 1 fully saturated rings. The van der Waals surface area contributed by atoms with E-state index in [0.717, 1.165) is 19.5 Å². The number of rotatable bonds is 5. The molecule has 3 heteroatoms. The molecule has 0 unspecified atom stereocenters. The van der Waals surface area contributed by atoms with Crippen LogP contribution >= 0.6 is 0 Å². The molecule has 0 radical (unpaired) electrons. The lowest BCUT2D eigenvalue weighted by Gasteiger charge is -2.24. The zero-order chi connectivity index (χ0) is 12.7. The number of amides is 1. The Kier molecular flexibility index (Phi) is 6.56. The molecule has 17 heavy (non-hydrogen) atoms. The van der Waals surface area contributed by atoms with Gasteiger partial charge in [-0.25, -0.2) is 0 Å². The lowest BCUT2D eigenvalue weighted by atomic mass is 9.94. The fraction of sp³-hybridized carbons (Fsp3) is 0.929. The standard InChI is InChI=1S/C14H28N2O/c1-12(2)9-13(11-15)10-14(17)16-7-5-3-4-6-8-16/h12-13H,3-11,15H2,1-2H3/t13-/m0/s1. The van der Waals surface area contributed by atoms with Crippen LogP contribution in [0.2, 0.25) is 0 Å². The molecule has 0 saturated carbocycles. The molecule has 0 aromatic heterocycles. The molecule has 1 atom stereocenters. The molecule has 0 bridgehead atoms. The monoisotopic (exact) mass is 240 g/mol. The summed E-state index contributed by atoms with van der Waals surface area (Å²) < 4.78 is 0. The average molecular weight is 240 g/mol. The van der Waals surface area contributed by atoms with Gasteiger partial charge in [0.1, 0.15) is 0 Å². The second-order valence-corrected chi connectivity index (χ2v) is 5.73. The Balaban J connectivity index is 2.39. The third kappa shape index (κ3) is 5.53. The van der Waals surface area contributed by atoms with E-state index in [4.69, 9.17) is 5.73 Å². The summed E-state index contributed by atoms with van der Waals surface area (Å²) in [5.74, 6) is 1.31. The van der Waals surface area contributed by atoms with Gasteiger partial charge in [-0.05, 0) is 37.6 Å². The van der Waals surface area contributed by atoms with Crippen molar-refractivity contribution in [2.75, 3.05) is 19.6 Å². The Bertz CT molecular complexity index is 220. The van der Waals surface area contributed by atoms with Gasteiger partial charge in [-0.3, -0.25) is 4.79 Å². The Morgan fingerprint density at radius 1 is 1.18 bits per heavy atom. The maximum absolute atomic E-state index is 12.2. The summed E-state index contributed by atoms with van der Waals surface area (Å²) in [4.78, 5) is 14.2. The van der Waals surface area contributed by atoms with E-state index in [0.29, 0.717) is 30.7 Å². The molecule has 1 saturated heterocycles. The lowest BCUT2D eigenvalue weighted by molar-refractivity contribution is -0.132. The Morgan fingerprint density at radius 2 is 1.76 bits per heavy atom. The molecule has 0 aliphatic carbocycles. The van der Waals surface area contributed by atoms with Gasteiger partial charge in [-0.1, -0.05) is 26.7 Å². The number of carbonyl (C=O) groups is 1. The number of nitrogens with zero attached hydrogens (tertiary/aromatic N) is 1. The summed E-state index contributed by atoms with van der Waals surface area (Å²) in [7, 11) is 0. The topological polar surface area (TPSA) is 46.3 Å². The zero-order valence-corrected chi connectivity index (χ0v) is 11.5. The molecule has 0 aromatic rings. The molecule has 1 amide bonds. The molecule has 1 aliphatic heterocycles. The van der Waals surface area contributed by atoms with Gasteiger partial charge in [0.25, 0.3) is 0 Å². The first-order valence-electron chi connectivity index (χ1n) is 7.11. The fourth-order valence-corrected chi connectivity index (χ4v) is 2.63. The molecule has 3 nitrogen and oxygen atoms in total. The van der Waals surface area contributed by atoms with Crippen molar-refractivity contribution < 1.29 is 4.79 Å². The van der Waals surface area contributed by atoms with Crippen LogP contribution in [0, 0.1) is 11.8 Å². The van der Waals surface area contributed by atoms with E-state index in [1.165, 1.54) is 25.7 Å². The van der Waals surface area contributed by atoms with Crippen molar-refractivity contribution >= 4 is 5.91 Å². The molecule has 1 heterocycles. The first-order valence-corrected chi connectivity index (χ1v) is 7.11. The van der Waals surface area contributed by atoms with Crippen molar-refractivity contribution in [3.05, 3.63) is 0 Å². The van der Waals surface area contributed by atoms with Crippen molar-refractivity contribution in [1.29, 1.82) is 0 Å². The Morgan fingerprint density at radius 3 is 2.24 bits per heavy atom. The molecule has 100 valence electrons. The highest BCUT2D eigenvalue weighted by atomic mass is 16.2. The summed E-state index contributed by atoms with van der Waals surface area (Å²) in [5.41, 5.74) is 5.76. The number of hydrogen-bond acceptors (Lipinski definition) is 2. The highest BCUT2D eigenvalue weighted by Gasteiger charge is 2.19. The summed E-state index contributed by atoms with van der Waals surface area (Å²) in [6.07, 6.45) is 6.60. The van der Waals surface area contributed by atoms with Gasteiger partial charge in [0, 0.05) is 19.5 Å². The van der Waals surface area contributed by atoms with E-state index >= 15 is 0 Å². The van der Waals surface area contributed by atoms with Crippen LogP contribution in [0.3, 0.4) is 0 Å². The predicted octanol–water partition coefficient (Wildman–Crippen LogP) is 2.40. The van der Waals surface area contributed by atoms with Gasteiger partial charge < -0.3 is 10.6 Å². The van der Waals surface area contributed by atoms with Gasteiger partial charge in [0.2, 0.25) is 5.91 Å². The van der Waals surface area contributed by atoms with Crippen LogP contribution in [0.5, 0.6) is 0 Å². The van der Waals surface area contributed by atoms with Crippen molar-refractivity contribution in [2.45, 2.75) is 52.4 Å². The number of likely N-dealkylation sites (tertiary alicyclic amines) is 1. The summed E-state index contributed by atoms with van der Waals surface area (Å²) in [6.45, 7) is 6.94. The normalized spacial score (nSPS) is 19.2. The SMILES string of the molecule is CC(C)C[C@H](CN)CC(=O)N1CCCCCC1. The van der Waals surface area contributed by atoms with Crippen LogP contribution in [0.15, 0.2) is 0 Å². The minimum absolute atomic E-state index is 0.322. The van der Waals surface area contributed by atoms with Crippen molar-refractivity contribution in [1.82, 2.24) is 4.90 Å². The molecule has 1 rings (SSSR count). The molecule has 1 aliphatic rings. The maximum atomic E-state index is 12.2. The number of carbonyl (C=O) groups excluding carboxylic acids is 1. The average Bonchev–Trinajstić information content (AvgIpc) is 2.55. The maximum Gasteiger partial charge on any atom is 0.222 e. The largest absolute Gasteiger partial charge is 0.343 e. The summed E-state index contributed by atoms with van der Waals surface area (Å²) in [6, 6.07) is 0. The van der Waals surface area contributed by atoms with Crippen LogP contribution in [0.25, 0.3) is 0 Å². The van der Waals surface area contributed by atoms with Crippen molar-refractivity contribution in [3.63, 3.8) is 0 Å². The van der Waals surface area contributed by atoms with Gasteiger partial charge in [0.15, 0.2) is 0 Å². The quantitative estimate of drug-likeness (QED) is 0.802. The second-order valence-electron chi connectivity index (χ2n) is 5.73. The molecular formula is C14H28N2O. The lowest BCUT2D eigenvalue weighted by Crippen LogP contribution is -2.34. The van der Waals surface area contributed by atoms with Crippen LogP contribution in [-0.4, -0.2) is 30.4 Å².